The van der Waals surface area contributed by atoms with Crippen molar-refractivity contribution in [3.8, 4) is 0 Å². The SMILES string of the molecule is CCc1ccc(CCC(=O)O)s1. The Morgan fingerprint density at radius 1 is 1.50 bits per heavy atom. The van der Waals surface area contributed by atoms with E-state index in [1.165, 1.54) is 9.75 Å². The molecule has 12 heavy (non-hydrogen) atoms. The van der Waals surface area contributed by atoms with Crippen LogP contribution >= 0.6 is 11.3 Å². The van der Waals surface area contributed by atoms with E-state index >= 15 is 0 Å². The summed E-state index contributed by atoms with van der Waals surface area (Å²) >= 11 is 1.71. The van der Waals surface area contributed by atoms with Crippen LogP contribution in [0.4, 0.5) is 0 Å². The normalized spacial score (nSPS) is 10.1. The van der Waals surface area contributed by atoms with Gasteiger partial charge in [-0.25, -0.2) is 0 Å². The van der Waals surface area contributed by atoms with Gasteiger partial charge in [0.1, 0.15) is 0 Å². The van der Waals surface area contributed by atoms with E-state index < -0.39 is 5.97 Å². The number of carbonyl (C=O) groups is 1. The maximum absolute atomic E-state index is 10.3. The molecule has 0 radical (unpaired) electrons. The summed E-state index contributed by atoms with van der Waals surface area (Å²) < 4.78 is 0. The number of hydrogen-bond acceptors (Lipinski definition) is 2. The van der Waals surface area contributed by atoms with Crippen LogP contribution < -0.4 is 0 Å². The summed E-state index contributed by atoms with van der Waals surface area (Å²) in [7, 11) is 0. The summed E-state index contributed by atoms with van der Waals surface area (Å²) in [5.74, 6) is -0.721. The Bertz CT molecular complexity index is 265. The van der Waals surface area contributed by atoms with Crippen molar-refractivity contribution in [1.29, 1.82) is 0 Å². The number of thiophene rings is 1. The smallest absolute Gasteiger partial charge is 0.303 e. The Morgan fingerprint density at radius 2 is 2.17 bits per heavy atom. The first-order valence-corrected chi connectivity index (χ1v) is 4.83. The van der Waals surface area contributed by atoms with Gasteiger partial charge in [0.15, 0.2) is 0 Å². The molecule has 0 atom stereocenters. The van der Waals surface area contributed by atoms with Crippen molar-refractivity contribution in [1.82, 2.24) is 0 Å². The van der Waals surface area contributed by atoms with E-state index in [0.717, 1.165) is 6.42 Å². The van der Waals surface area contributed by atoms with Crippen molar-refractivity contribution >= 4 is 17.3 Å². The van der Waals surface area contributed by atoms with Crippen LogP contribution in [0.3, 0.4) is 0 Å². The van der Waals surface area contributed by atoms with E-state index in [9.17, 15) is 4.79 Å². The molecule has 66 valence electrons. The maximum atomic E-state index is 10.3. The monoisotopic (exact) mass is 184 g/mol. The zero-order chi connectivity index (χ0) is 8.97. The third kappa shape index (κ3) is 2.66. The number of rotatable bonds is 4. The highest BCUT2D eigenvalue weighted by molar-refractivity contribution is 7.11. The molecular formula is C9H12O2S. The van der Waals surface area contributed by atoms with Crippen LogP contribution in [0.5, 0.6) is 0 Å². The van der Waals surface area contributed by atoms with Gasteiger partial charge in [0.05, 0.1) is 6.42 Å². The summed E-state index contributed by atoms with van der Waals surface area (Å²) in [5.41, 5.74) is 0. The van der Waals surface area contributed by atoms with Gasteiger partial charge in [-0.2, -0.15) is 0 Å². The number of carboxylic acid groups (broad SMARTS) is 1. The molecule has 2 nitrogen and oxygen atoms in total. The minimum atomic E-state index is -0.721. The second-order valence-corrected chi connectivity index (χ2v) is 3.87. The average Bonchev–Trinajstić information content (AvgIpc) is 2.48. The van der Waals surface area contributed by atoms with Crippen molar-refractivity contribution in [2.45, 2.75) is 26.2 Å². The molecule has 0 aliphatic heterocycles. The van der Waals surface area contributed by atoms with Crippen molar-refractivity contribution in [2.24, 2.45) is 0 Å². The summed E-state index contributed by atoms with van der Waals surface area (Å²) in [5, 5.41) is 8.44. The molecule has 1 N–H and O–H groups in total. The van der Waals surface area contributed by atoms with Gasteiger partial charge in [0, 0.05) is 9.75 Å². The van der Waals surface area contributed by atoms with Crippen LogP contribution in [0, 0.1) is 0 Å². The van der Waals surface area contributed by atoms with E-state index in [-0.39, 0.29) is 6.42 Å². The molecule has 0 spiro atoms. The molecule has 1 aromatic heterocycles. The fourth-order valence-electron chi connectivity index (χ4n) is 0.977. The summed E-state index contributed by atoms with van der Waals surface area (Å²) in [6.45, 7) is 2.10. The predicted octanol–water partition coefficient (Wildman–Crippen LogP) is 2.33. The Labute approximate surface area is 75.9 Å². The fraction of sp³-hybridized carbons (Fsp3) is 0.444. The molecule has 0 aromatic carbocycles. The van der Waals surface area contributed by atoms with Crippen LogP contribution in [0.2, 0.25) is 0 Å². The molecule has 0 fully saturated rings. The van der Waals surface area contributed by atoms with Crippen LogP contribution in [-0.2, 0) is 17.6 Å². The summed E-state index contributed by atoms with van der Waals surface area (Å²) in [4.78, 5) is 12.8. The van der Waals surface area contributed by atoms with Crippen LogP contribution in [0.1, 0.15) is 23.1 Å². The van der Waals surface area contributed by atoms with Gasteiger partial charge in [0.2, 0.25) is 0 Å². The highest BCUT2D eigenvalue weighted by Crippen LogP contribution is 2.18. The van der Waals surface area contributed by atoms with Gasteiger partial charge in [-0.1, -0.05) is 6.92 Å². The minimum absolute atomic E-state index is 0.240. The van der Waals surface area contributed by atoms with Crippen LogP contribution in [-0.4, -0.2) is 11.1 Å². The Kier molecular flexibility index (Phi) is 3.29. The molecular weight excluding hydrogens is 172 g/mol. The van der Waals surface area contributed by atoms with Gasteiger partial charge in [-0.15, -0.1) is 11.3 Å². The molecule has 0 aliphatic rings. The van der Waals surface area contributed by atoms with Crippen molar-refractivity contribution in [2.75, 3.05) is 0 Å². The molecule has 3 heteroatoms. The Hall–Kier alpha value is -0.830. The standard InChI is InChI=1S/C9H12O2S/c1-2-7-3-4-8(12-7)5-6-9(10)11/h3-4H,2,5-6H2,1H3,(H,10,11). The molecule has 1 aromatic rings. The number of aryl methyl sites for hydroxylation is 2. The minimum Gasteiger partial charge on any atom is -0.481 e. The number of aliphatic carboxylic acids is 1. The van der Waals surface area contributed by atoms with Gasteiger partial charge in [0.25, 0.3) is 0 Å². The molecule has 0 amide bonds. The van der Waals surface area contributed by atoms with Crippen LogP contribution in [0.15, 0.2) is 12.1 Å². The lowest BCUT2D eigenvalue weighted by atomic mass is 10.2. The van der Waals surface area contributed by atoms with Gasteiger partial charge in [-0.05, 0) is 25.0 Å². The van der Waals surface area contributed by atoms with Gasteiger partial charge < -0.3 is 5.11 Å². The molecule has 1 rings (SSSR count). The highest BCUT2D eigenvalue weighted by Gasteiger charge is 2.01. The molecule has 1 heterocycles. The topological polar surface area (TPSA) is 37.3 Å². The first-order chi connectivity index (χ1) is 5.72. The van der Waals surface area contributed by atoms with Gasteiger partial charge in [-0.3, -0.25) is 4.79 Å². The number of carboxylic acids is 1. The van der Waals surface area contributed by atoms with Gasteiger partial charge >= 0.3 is 5.97 Å². The molecule has 0 unspecified atom stereocenters. The maximum Gasteiger partial charge on any atom is 0.303 e. The van der Waals surface area contributed by atoms with E-state index in [1.54, 1.807) is 11.3 Å². The number of hydrogen-bond donors (Lipinski definition) is 1. The third-order valence-corrected chi connectivity index (χ3v) is 2.94. The fourth-order valence-corrected chi connectivity index (χ4v) is 1.93. The summed E-state index contributed by atoms with van der Waals surface area (Å²) in [6, 6.07) is 4.09. The van der Waals surface area contributed by atoms with Crippen molar-refractivity contribution in [3.63, 3.8) is 0 Å². The zero-order valence-corrected chi connectivity index (χ0v) is 7.86. The van der Waals surface area contributed by atoms with Crippen molar-refractivity contribution < 1.29 is 9.90 Å². The predicted molar refractivity (Wildman–Crippen MR) is 49.7 cm³/mol. The second-order valence-electron chi connectivity index (χ2n) is 2.62. The highest BCUT2D eigenvalue weighted by atomic mass is 32.1. The second kappa shape index (κ2) is 4.26. The third-order valence-electron chi connectivity index (χ3n) is 1.65. The van der Waals surface area contributed by atoms with E-state index in [2.05, 4.69) is 13.0 Å². The lowest BCUT2D eigenvalue weighted by Gasteiger charge is -1.90. The lowest BCUT2D eigenvalue weighted by Crippen LogP contribution is -1.95. The van der Waals surface area contributed by atoms with Crippen molar-refractivity contribution in [3.05, 3.63) is 21.9 Å². The summed E-state index contributed by atoms with van der Waals surface area (Å²) in [6.07, 6.45) is 1.95. The molecule has 0 bridgehead atoms. The zero-order valence-electron chi connectivity index (χ0n) is 7.04. The molecule has 0 saturated carbocycles. The Morgan fingerprint density at radius 3 is 2.67 bits per heavy atom. The Balaban J connectivity index is 2.47. The lowest BCUT2D eigenvalue weighted by molar-refractivity contribution is -0.136. The van der Waals surface area contributed by atoms with E-state index in [1.807, 2.05) is 6.07 Å². The largest absolute Gasteiger partial charge is 0.481 e. The molecule has 0 saturated heterocycles. The first kappa shape index (κ1) is 9.26. The van der Waals surface area contributed by atoms with E-state index in [0.29, 0.717) is 6.42 Å². The van der Waals surface area contributed by atoms with Crippen LogP contribution in [0.25, 0.3) is 0 Å². The average molecular weight is 184 g/mol. The molecule has 0 aliphatic carbocycles. The van der Waals surface area contributed by atoms with E-state index in [4.69, 9.17) is 5.11 Å². The first-order valence-electron chi connectivity index (χ1n) is 4.01. The quantitative estimate of drug-likeness (QED) is 0.779.